The highest BCUT2D eigenvalue weighted by Crippen LogP contribution is 2.38. The zero-order chi connectivity index (χ0) is 21.4. The third kappa shape index (κ3) is 3.59. The van der Waals surface area contributed by atoms with Crippen LogP contribution in [0.1, 0.15) is 24.0 Å². The molecule has 3 aromatic rings. The van der Waals surface area contributed by atoms with E-state index < -0.39 is 0 Å². The minimum atomic E-state index is -0.245. The van der Waals surface area contributed by atoms with E-state index in [4.69, 9.17) is 0 Å². The summed E-state index contributed by atoms with van der Waals surface area (Å²) in [5, 5.41) is 10.3. The Labute approximate surface area is 181 Å². The van der Waals surface area contributed by atoms with Crippen LogP contribution in [0.5, 0.6) is 0 Å². The molecule has 2 aromatic carbocycles. The normalized spacial score (nSPS) is 18.2. The minimum absolute atomic E-state index is 0.0155. The molecule has 0 radical (unpaired) electrons. The molecular weight excluding hydrogens is 393 g/mol. The summed E-state index contributed by atoms with van der Waals surface area (Å²) in [6, 6.07) is 12.9. The van der Waals surface area contributed by atoms with E-state index in [2.05, 4.69) is 15.5 Å². The first-order chi connectivity index (χ1) is 15.1. The first-order valence-electron chi connectivity index (χ1n) is 10.7. The number of H-pyrrole nitrogens is 1. The lowest BCUT2D eigenvalue weighted by molar-refractivity contribution is 0.119. The zero-order valence-electron chi connectivity index (χ0n) is 17.6. The third-order valence-corrected chi connectivity index (χ3v) is 6.66. The molecule has 3 heterocycles. The summed E-state index contributed by atoms with van der Waals surface area (Å²) in [6.45, 7) is 4.84. The molecule has 0 bridgehead atoms. The van der Waals surface area contributed by atoms with Crippen LogP contribution >= 0.6 is 0 Å². The van der Waals surface area contributed by atoms with Gasteiger partial charge in [0.2, 0.25) is 0 Å². The van der Waals surface area contributed by atoms with Crippen LogP contribution in [0.25, 0.3) is 11.1 Å². The summed E-state index contributed by atoms with van der Waals surface area (Å²) in [7, 11) is 0. The molecule has 7 heteroatoms. The number of benzene rings is 2. The van der Waals surface area contributed by atoms with E-state index in [1.807, 2.05) is 47.2 Å². The van der Waals surface area contributed by atoms with Gasteiger partial charge in [-0.25, -0.2) is 9.18 Å². The number of carbonyl (C=O) groups excluding carboxylic acids is 1. The molecule has 2 amide bonds. The average molecular weight is 420 g/mol. The summed E-state index contributed by atoms with van der Waals surface area (Å²) in [5.41, 5.74) is 4.62. The molecule has 2 aliphatic heterocycles. The number of nitrogens with one attached hydrogen (secondary N) is 2. The fraction of sp³-hybridized carbons (Fsp3) is 0.333. The fourth-order valence-electron chi connectivity index (χ4n) is 4.80. The number of rotatable bonds is 4. The van der Waals surface area contributed by atoms with Crippen LogP contribution in [-0.2, 0) is 6.54 Å². The van der Waals surface area contributed by atoms with Crippen LogP contribution in [0.15, 0.2) is 54.9 Å². The minimum Gasteiger partial charge on any atom is -0.317 e. The highest BCUT2D eigenvalue weighted by atomic mass is 19.1. The Hall–Kier alpha value is -3.19. The van der Waals surface area contributed by atoms with Crippen LogP contribution < -0.4 is 10.2 Å². The molecule has 0 saturated carbocycles. The monoisotopic (exact) mass is 419 g/mol. The van der Waals surface area contributed by atoms with Gasteiger partial charge in [0.05, 0.1) is 18.3 Å². The topological polar surface area (TPSA) is 64.3 Å². The molecule has 0 unspecified atom stereocenters. The number of hydrogen-bond donors (Lipinski definition) is 2. The maximum Gasteiger partial charge on any atom is 0.325 e. The van der Waals surface area contributed by atoms with E-state index in [0.29, 0.717) is 13.1 Å². The molecule has 2 aliphatic rings. The molecule has 2 saturated heterocycles. The van der Waals surface area contributed by atoms with Crippen molar-refractivity contribution in [2.45, 2.75) is 31.8 Å². The molecule has 1 aromatic heterocycles. The largest absolute Gasteiger partial charge is 0.325 e. The number of nitrogens with zero attached hydrogens (tertiary/aromatic N) is 3. The number of aromatic amines is 1. The quantitative estimate of drug-likeness (QED) is 0.670. The lowest BCUT2D eigenvalue weighted by Crippen LogP contribution is -2.53. The first kappa shape index (κ1) is 19.8. The van der Waals surface area contributed by atoms with Crippen LogP contribution in [-0.4, -0.2) is 46.3 Å². The van der Waals surface area contributed by atoms with Gasteiger partial charge in [-0.05, 0) is 73.8 Å². The Morgan fingerprint density at radius 2 is 1.87 bits per heavy atom. The molecule has 31 heavy (non-hydrogen) atoms. The fourth-order valence-corrected chi connectivity index (χ4v) is 4.80. The predicted molar refractivity (Wildman–Crippen MR) is 118 cm³/mol. The molecular formula is C24H26FN5O. The Kier molecular flexibility index (Phi) is 4.98. The van der Waals surface area contributed by atoms with Crippen LogP contribution in [0.3, 0.4) is 0 Å². The van der Waals surface area contributed by atoms with Crippen LogP contribution in [0.4, 0.5) is 14.9 Å². The highest BCUT2D eigenvalue weighted by molar-refractivity contribution is 5.95. The first-order valence-corrected chi connectivity index (χ1v) is 10.7. The zero-order valence-corrected chi connectivity index (χ0v) is 17.6. The van der Waals surface area contributed by atoms with Gasteiger partial charge in [0.15, 0.2) is 0 Å². The van der Waals surface area contributed by atoms with Gasteiger partial charge in [-0.3, -0.25) is 10.00 Å². The number of urea groups is 1. The van der Waals surface area contributed by atoms with Gasteiger partial charge in [-0.15, -0.1) is 0 Å². The second-order valence-corrected chi connectivity index (χ2v) is 8.53. The smallest absolute Gasteiger partial charge is 0.317 e. The van der Waals surface area contributed by atoms with Gasteiger partial charge < -0.3 is 10.2 Å². The van der Waals surface area contributed by atoms with Crippen molar-refractivity contribution in [3.05, 3.63) is 71.8 Å². The number of halogens is 1. The molecule has 2 fully saturated rings. The molecule has 0 atom stereocenters. The van der Waals surface area contributed by atoms with E-state index in [1.165, 1.54) is 12.1 Å². The lowest BCUT2D eigenvalue weighted by atomic mass is 9.87. The highest BCUT2D eigenvalue weighted by Gasteiger charge is 2.50. The van der Waals surface area contributed by atoms with E-state index in [1.54, 1.807) is 12.3 Å². The van der Waals surface area contributed by atoms with Crippen molar-refractivity contribution >= 4 is 11.7 Å². The van der Waals surface area contributed by atoms with Gasteiger partial charge in [0.1, 0.15) is 5.82 Å². The summed E-state index contributed by atoms with van der Waals surface area (Å²) in [4.78, 5) is 17.5. The molecule has 160 valence electrons. The molecule has 5 rings (SSSR count). The summed E-state index contributed by atoms with van der Waals surface area (Å²) in [5.74, 6) is -0.245. The number of aromatic nitrogens is 2. The SMILES string of the molecule is Cc1cc(F)ccc1CN1C(=O)N(c2ccc(-c3cn[nH]c3)cc2)CC12CCNCC2. The molecule has 0 aliphatic carbocycles. The Balaban J connectivity index is 1.45. The summed E-state index contributed by atoms with van der Waals surface area (Å²) in [6.07, 6.45) is 5.45. The molecule has 6 nitrogen and oxygen atoms in total. The van der Waals surface area contributed by atoms with Crippen molar-refractivity contribution in [3.8, 4) is 11.1 Å². The summed E-state index contributed by atoms with van der Waals surface area (Å²) < 4.78 is 13.6. The molecule has 1 spiro atoms. The predicted octanol–water partition coefficient (Wildman–Crippen LogP) is 4.09. The number of hydrogen-bond acceptors (Lipinski definition) is 3. The van der Waals surface area contributed by atoms with Crippen LogP contribution in [0, 0.1) is 12.7 Å². The Morgan fingerprint density at radius 1 is 1.10 bits per heavy atom. The van der Waals surface area contributed by atoms with E-state index in [9.17, 15) is 9.18 Å². The number of carbonyl (C=O) groups is 1. The summed E-state index contributed by atoms with van der Waals surface area (Å²) >= 11 is 0. The van der Waals surface area contributed by atoms with Gasteiger partial charge in [0, 0.05) is 24.0 Å². The standard InChI is InChI=1S/C24H26FN5O/c1-17-12-21(25)5-2-19(17)15-30-23(31)29(16-24(30)8-10-26-11-9-24)22-6-3-18(4-7-22)20-13-27-28-14-20/h2-7,12-14,26H,8-11,15-16H2,1H3,(H,27,28). The maximum absolute atomic E-state index is 13.6. The second kappa shape index (κ2) is 7.81. The maximum atomic E-state index is 13.6. The van der Waals surface area contributed by atoms with E-state index in [-0.39, 0.29) is 17.4 Å². The number of amides is 2. The molecule has 2 N–H and O–H groups in total. The second-order valence-electron chi connectivity index (χ2n) is 8.53. The van der Waals surface area contributed by atoms with E-state index in [0.717, 1.165) is 53.9 Å². The van der Waals surface area contributed by atoms with Crippen LogP contribution in [0.2, 0.25) is 0 Å². The Morgan fingerprint density at radius 3 is 2.55 bits per heavy atom. The lowest BCUT2D eigenvalue weighted by Gasteiger charge is -2.40. The van der Waals surface area contributed by atoms with Crippen molar-refractivity contribution in [1.82, 2.24) is 20.4 Å². The van der Waals surface area contributed by atoms with Gasteiger partial charge in [-0.1, -0.05) is 18.2 Å². The van der Waals surface area contributed by atoms with Crippen molar-refractivity contribution in [3.63, 3.8) is 0 Å². The Bertz CT molecular complexity index is 1070. The number of aryl methyl sites for hydroxylation is 1. The van der Waals surface area contributed by atoms with Crippen molar-refractivity contribution in [2.24, 2.45) is 0 Å². The van der Waals surface area contributed by atoms with Gasteiger partial charge in [0.25, 0.3) is 0 Å². The third-order valence-electron chi connectivity index (χ3n) is 6.66. The van der Waals surface area contributed by atoms with Gasteiger partial charge in [-0.2, -0.15) is 5.10 Å². The van der Waals surface area contributed by atoms with Crippen molar-refractivity contribution in [1.29, 1.82) is 0 Å². The van der Waals surface area contributed by atoms with Crippen molar-refractivity contribution < 1.29 is 9.18 Å². The van der Waals surface area contributed by atoms with Crippen molar-refractivity contribution in [2.75, 3.05) is 24.5 Å². The average Bonchev–Trinajstić information content (AvgIpc) is 3.40. The number of piperidine rings is 1. The van der Waals surface area contributed by atoms with Gasteiger partial charge >= 0.3 is 6.03 Å². The van der Waals surface area contributed by atoms with E-state index >= 15 is 0 Å². The number of anilines is 1.